The molecule has 34 heavy (non-hydrogen) atoms. The van der Waals surface area contributed by atoms with Gasteiger partial charge in [0.15, 0.2) is 0 Å². The number of amides is 1. The van der Waals surface area contributed by atoms with Crippen LogP contribution in [0.25, 0.3) is 0 Å². The van der Waals surface area contributed by atoms with Crippen molar-refractivity contribution < 1.29 is 27.8 Å². The molecule has 0 aliphatic carbocycles. The van der Waals surface area contributed by atoms with Crippen LogP contribution < -0.4 is 19.5 Å². The van der Waals surface area contributed by atoms with Gasteiger partial charge in [-0.3, -0.25) is 9.52 Å². The molecule has 0 bridgehead atoms. The van der Waals surface area contributed by atoms with Crippen LogP contribution in [0.5, 0.6) is 11.5 Å². The summed E-state index contributed by atoms with van der Waals surface area (Å²) in [4.78, 5) is 14.9. The number of nitrogens with one attached hydrogen (secondary N) is 2. The quantitative estimate of drug-likeness (QED) is 0.516. The van der Waals surface area contributed by atoms with Crippen molar-refractivity contribution in [3.05, 3.63) is 48.0 Å². The second-order valence-corrected chi connectivity index (χ2v) is 10.2. The molecule has 2 aromatic rings. The summed E-state index contributed by atoms with van der Waals surface area (Å²) >= 11 is 0. The first-order valence-corrected chi connectivity index (χ1v) is 12.7. The van der Waals surface area contributed by atoms with Gasteiger partial charge in [-0.1, -0.05) is 6.92 Å². The Morgan fingerprint density at radius 3 is 2.56 bits per heavy atom. The van der Waals surface area contributed by atoms with Crippen molar-refractivity contribution in [3.8, 4) is 11.5 Å². The van der Waals surface area contributed by atoms with Crippen molar-refractivity contribution in [2.24, 2.45) is 5.92 Å². The molecule has 2 aromatic carbocycles. The van der Waals surface area contributed by atoms with Crippen LogP contribution in [0.4, 0.5) is 5.69 Å². The fraction of sp³-hybridized carbons (Fsp3) is 0.458. The molecule has 1 heterocycles. The Balaban J connectivity index is 1.94. The van der Waals surface area contributed by atoms with Crippen molar-refractivity contribution >= 4 is 21.6 Å². The van der Waals surface area contributed by atoms with Gasteiger partial charge < -0.3 is 24.8 Å². The smallest absolute Gasteiger partial charge is 0.261 e. The third-order valence-corrected chi connectivity index (χ3v) is 7.34. The summed E-state index contributed by atoms with van der Waals surface area (Å²) in [6, 6.07) is 10.7. The Morgan fingerprint density at radius 2 is 1.94 bits per heavy atom. The van der Waals surface area contributed by atoms with Crippen LogP contribution in [-0.2, 0) is 21.2 Å². The van der Waals surface area contributed by atoms with Gasteiger partial charge in [0.2, 0.25) is 5.91 Å². The second-order valence-electron chi connectivity index (χ2n) is 8.55. The van der Waals surface area contributed by atoms with Crippen LogP contribution in [0.3, 0.4) is 0 Å². The minimum absolute atomic E-state index is 0.00426. The third-order valence-electron chi connectivity index (χ3n) is 5.94. The lowest BCUT2D eigenvalue weighted by Crippen LogP contribution is -2.47. The van der Waals surface area contributed by atoms with Gasteiger partial charge in [-0.2, -0.15) is 0 Å². The summed E-state index contributed by atoms with van der Waals surface area (Å²) in [7, 11) is -0.500. The molecule has 0 fully saturated rings. The van der Waals surface area contributed by atoms with Gasteiger partial charge >= 0.3 is 0 Å². The molecule has 0 saturated carbocycles. The minimum Gasteiger partial charge on any atom is -0.497 e. The van der Waals surface area contributed by atoms with Crippen molar-refractivity contribution in [1.82, 2.24) is 10.2 Å². The van der Waals surface area contributed by atoms with Gasteiger partial charge in [0, 0.05) is 30.3 Å². The Hall–Kier alpha value is -2.82. The normalized spacial score (nSPS) is 19.8. The molecule has 1 aliphatic heterocycles. The summed E-state index contributed by atoms with van der Waals surface area (Å²) in [6.07, 6.45) is -0.193. The van der Waals surface area contributed by atoms with E-state index in [1.54, 1.807) is 42.2 Å². The Labute approximate surface area is 201 Å². The number of aliphatic hydroxyl groups excluding tert-OH is 1. The van der Waals surface area contributed by atoms with Gasteiger partial charge in [-0.15, -0.1) is 0 Å². The fourth-order valence-electron chi connectivity index (χ4n) is 3.91. The van der Waals surface area contributed by atoms with Gasteiger partial charge in [-0.25, -0.2) is 8.42 Å². The number of methoxy groups -OCH3 is 1. The molecule has 0 saturated heterocycles. The molecule has 10 heteroatoms. The highest BCUT2D eigenvalue weighted by Gasteiger charge is 2.30. The highest BCUT2D eigenvalue weighted by molar-refractivity contribution is 7.92. The van der Waals surface area contributed by atoms with Crippen molar-refractivity contribution in [3.63, 3.8) is 0 Å². The number of anilines is 1. The number of sulfonamides is 1. The molecule has 3 rings (SSSR count). The Morgan fingerprint density at radius 1 is 1.24 bits per heavy atom. The predicted molar refractivity (Wildman–Crippen MR) is 130 cm³/mol. The van der Waals surface area contributed by atoms with Crippen LogP contribution in [0, 0.1) is 5.92 Å². The summed E-state index contributed by atoms with van der Waals surface area (Å²) in [6.45, 7) is 4.68. The second kappa shape index (κ2) is 11.1. The maximum Gasteiger partial charge on any atom is 0.261 e. The van der Waals surface area contributed by atoms with E-state index in [0.29, 0.717) is 35.8 Å². The van der Waals surface area contributed by atoms with E-state index >= 15 is 0 Å². The highest BCUT2D eigenvalue weighted by Crippen LogP contribution is 2.30. The van der Waals surface area contributed by atoms with E-state index in [2.05, 4.69) is 10.0 Å². The number of ether oxygens (including phenoxy) is 2. The molecule has 1 aliphatic rings. The monoisotopic (exact) mass is 491 g/mol. The molecule has 1 amide bonds. The van der Waals surface area contributed by atoms with Gasteiger partial charge in [0.25, 0.3) is 10.0 Å². The molecular formula is C24H33N3O6S. The lowest BCUT2D eigenvalue weighted by molar-refractivity contribution is -0.134. The third kappa shape index (κ3) is 5.99. The average molecular weight is 492 g/mol. The maximum atomic E-state index is 13.2. The topological polar surface area (TPSA) is 117 Å². The van der Waals surface area contributed by atoms with E-state index in [0.717, 1.165) is 0 Å². The van der Waals surface area contributed by atoms with Gasteiger partial charge in [0.05, 0.1) is 31.1 Å². The standard InChI is InChI=1S/C24H33N3O6S/c1-16-14-27(17(2)15-28)24(29)12-18-11-19(5-10-22(18)33-23(16)13-25-3)26-34(30,31)21-8-6-20(32-4)7-9-21/h5-11,16-17,23,25-26,28H,12-15H2,1-4H3/t16-,17+,23-/m0/s1. The van der Waals surface area contributed by atoms with Crippen LogP contribution >= 0.6 is 0 Å². The number of carbonyl (C=O) groups is 1. The highest BCUT2D eigenvalue weighted by atomic mass is 32.2. The number of nitrogens with zero attached hydrogens (tertiary/aromatic N) is 1. The van der Waals surface area contributed by atoms with E-state index in [1.807, 2.05) is 14.0 Å². The summed E-state index contributed by atoms with van der Waals surface area (Å²) in [5.74, 6) is 0.938. The number of aliphatic hydroxyl groups is 1. The summed E-state index contributed by atoms with van der Waals surface area (Å²) < 4.78 is 39.7. The van der Waals surface area contributed by atoms with E-state index in [4.69, 9.17) is 9.47 Å². The lowest BCUT2D eigenvalue weighted by Gasteiger charge is -2.32. The van der Waals surface area contributed by atoms with E-state index in [9.17, 15) is 18.3 Å². The zero-order valence-electron chi connectivity index (χ0n) is 19.9. The van der Waals surface area contributed by atoms with Crippen molar-refractivity contribution in [1.29, 1.82) is 0 Å². The van der Waals surface area contributed by atoms with E-state index in [1.165, 1.54) is 19.2 Å². The first kappa shape index (κ1) is 25.8. The van der Waals surface area contributed by atoms with Crippen LogP contribution in [0.1, 0.15) is 19.4 Å². The molecule has 0 radical (unpaired) electrons. The number of benzene rings is 2. The number of hydrogen-bond donors (Lipinski definition) is 3. The maximum absolute atomic E-state index is 13.2. The predicted octanol–water partition coefficient (Wildman–Crippen LogP) is 1.86. The zero-order chi connectivity index (χ0) is 24.9. The average Bonchev–Trinajstić information content (AvgIpc) is 2.86. The SMILES string of the molecule is CNC[C@@H]1Oc2ccc(NS(=O)(=O)c3ccc(OC)cc3)cc2CC(=O)N([C@H](C)CO)C[C@@H]1C. The minimum atomic E-state index is -3.84. The van der Waals surface area contributed by atoms with Crippen molar-refractivity contribution in [2.75, 3.05) is 38.6 Å². The fourth-order valence-corrected chi connectivity index (χ4v) is 4.96. The molecule has 9 nitrogen and oxygen atoms in total. The van der Waals surface area contributed by atoms with E-state index < -0.39 is 10.0 Å². The number of hydrogen-bond acceptors (Lipinski definition) is 7. The van der Waals surface area contributed by atoms with Crippen molar-refractivity contribution in [2.45, 2.75) is 37.3 Å². The lowest BCUT2D eigenvalue weighted by atomic mass is 10.0. The first-order valence-electron chi connectivity index (χ1n) is 11.2. The largest absolute Gasteiger partial charge is 0.497 e. The molecular weight excluding hydrogens is 458 g/mol. The number of rotatable bonds is 8. The van der Waals surface area contributed by atoms with E-state index in [-0.39, 0.29) is 41.9 Å². The molecule has 3 atom stereocenters. The van der Waals surface area contributed by atoms with Crippen LogP contribution in [0.2, 0.25) is 0 Å². The molecule has 0 spiro atoms. The van der Waals surface area contributed by atoms with Gasteiger partial charge in [0.1, 0.15) is 17.6 Å². The van der Waals surface area contributed by atoms with Gasteiger partial charge in [-0.05, 0) is 56.4 Å². The zero-order valence-corrected chi connectivity index (χ0v) is 20.8. The number of likely N-dealkylation sites (N-methyl/N-ethyl adjacent to an activating group) is 1. The van der Waals surface area contributed by atoms with Crippen LogP contribution in [-0.4, -0.2) is 70.3 Å². The molecule has 186 valence electrons. The Kier molecular flexibility index (Phi) is 8.40. The number of fused-ring (bicyclic) bond motifs is 1. The molecule has 3 N–H and O–H groups in total. The molecule has 0 unspecified atom stereocenters. The summed E-state index contributed by atoms with van der Waals surface area (Å²) in [5.41, 5.74) is 0.899. The number of carbonyl (C=O) groups excluding carboxylic acids is 1. The van der Waals surface area contributed by atoms with Crippen LogP contribution in [0.15, 0.2) is 47.4 Å². The molecule has 0 aromatic heterocycles. The first-order chi connectivity index (χ1) is 16.2. The summed E-state index contributed by atoms with van der Waals surface area (Å²) in [5, 5.41) is 12.8. The Bertz CT molecular complexity index is 1090.